The SMILES string of the molecule is Cc1ccc(CN)cc1Oc1cc(Cl)c(Cl)cc1[N+](=O)[O-]. The maximum absolute atomic E-state index is 11.1. The van der Waals surface area contributed by atoms with Gasteiger partial charge in [0.05, 0.1) is 15.0 Å². The molecule has 2 rings (SSSR count). The second-order valence-electron chi connectivity index (χ2n) is 4.40. The number of nitro groups is 1. The van der Waals surface area contributed by atoms with Crippen LogP contribution in [0, 0.1) is 17.0 Å². The number of nitrogens with two attached hydrogens (primary N) is 1. The quantitative estimate of drug-likeness (QED) is 0.664. The highest BCUT2D eigenvalue weighted by Crippen LogP contribution is 2.38. The largest absolute Gasteiger partial charge is 0.450 e. The van der Waals surface area contributed by atoms with Gasteiger partial charge in [-0.05, 0) is 24.1 Å². The summed E-state index contributed by atoms with van der Waals surface area (Å²) in [5, 5.41) is 11.4. The third-order valence-corrected chi connectivity index (χ3v) is 3.63. The van der Waals surface area contributed by atoms with Gasteiger partial charge in [0.15, 0.2) is 0 Å². The fraction of sp³-hybridized carbons (Fsp3) is 0.143. The molecule has 0 aliphatic heterocycles. The molecule has 21 heavy (non-hydrogen) atoms. The molecular formula is C14H12Cl2N2O3. The highest BCUT2D eigenvalue weighted by Gasteiger charge is 2.19. The second-order valence-corrected chi connectivity index (χ2v) is 5.21. The lowest BCUT2D eigenvalue weighted by Crippen LogP contribution is -1.99. The topological polar surface area (TPSA) is 78.4 Å². The molecule has 0 bridgehead atoms. The lowest BCUT2D eigenvalue weighted by Gasteiger charge is -2.11. The predicted octanol–water partition coefficient (Wildman–Crippen LogP) is 4.46. The van der Waals surface area contributed by atoms with Crippen LogP contribution in [0.15, 0.2) is 30.3 Å². The molecule has 0 unspecified atom stereocenters. The van der Waals surface area contributed by atoms with E-state index in [1.165, 1.54) is 12.1 Å². The smallest absolute Gasteiger partial charge is 0.313 e. The summed E-state index contributed by atoms with van der Waals surface area (Å²) in [5.41, 5.74) is 7.02. The van der Waals surface area contributed by atoms with Gasteiger partial charge in [0, 0.05) is 18.7 Å². The molecule has 0 saturated heterocycles. The first-order chi connectivity index (χ1) is 9.92. The van der Waals surface area contributed by atoms with Crippen molar-refractivity contribution in [3.05, 3.63) is 61.6 Å². The Hall–Kier alpha value is -1.82. The van der Waals surface area contributed by atoms with Crippen molar-refractivity contribution in [2.24, 2.45) is 5.73 Å². The molecule has 110 valence electrons. The number of nitro benzene ring substituents is 1. The number of halogens is 2. The number of hydrogen-bond donors (Lipinski definition) is 1. The minimum atomic E-state index is -0.570. The normalized spacial score (nSPS) is 10.5. The molecule has 0 fully saturated rings. The maximum Gasteiger partial charge on any atom is 0.313 e. The molecule has 0 aliphatic rings. The van der Waals surface area contributed by atoms with Crippen molar-refractivity contribution in [2.45, 2.75) is 13.5 Å². The van der Waals surface area contributed by atoms with Crippen LogP contribution in [0.1, 0.15) is 11.1 Å². The number of ether oxygens (including phenoxy) is 1. The fourth-order valence-electron chi connectivity index (χ4n) is 1.74. The van der Waals surface area contributed by atoms with Gasteiger partial charge in [-0.15, -0.1) is 0 Å². The summed E-state index contributed by atoms with van der Waals surface area (Å²) in [5.74, 6) is 0.520. The Morgan fingerprint density at radius 1 is 1.19 bits per heavy atom. The van der Waals surface area contributed by atoms with Crippen LogP contribution in [0.4, 0.5) is 5.69 Å². The zero-order valence-electron chi connectivity index (χ0n) is 11.1. The molecule has 0 spiro atoms. The van der Waals surface area contributed by atoms with Gasteiger partial charge in [0.2, 0.25) is 5.75 Å². The fourth-order valence-corrected chi connectivity index (χ4v) is 2.05. The van der Waals surface area contributed by atoms with Crippen LogP contribution in [0.5, 0.6) is 11.5 Å². The molecule has 0 radical (unpaired) electrons. The third kappa shape index (κ3) is 3.44. The van der Waals surface area contributed by atoms with E-state index in [4.69, 9.17) is 33.7 Å². The highest BCUT2D eigenvalue weighted by molar-refractivity contribution is 6.42. The Kier molecular flexibility index (Phi) is 4.67. The van der Waals surface area contributed by atoms with Crippen LogP contribution in [-0.2, 0) is 6.54 Å². The summed E-state index contributed by atoms with van der Waals surface area (Å²) in [4.78, 5) is 10.5. The summed E-state index contributed by atoms with van der Waals surface area (Å²) >= 11 is 11.7. The standard InChI is InChI=1S/C14H12Cl2N2O3/c1-8-2-3-9(7-17)4-13(8)21-14-6-11(16)10(15)5-12(14)18(19)20/h2-6H,7,17H2,1H3. The van der Waals surface area contributed by atoms with E-state index in [2.05, 4.69) is 0 Å². The van der Waals surface area contributed by atoms with E-state index in [9.17, 15) is 10.1 Å². The molecule has 7 heteroatoms. The first-order valence-electron chi connectivity index (χ1n) is 6.03. The molecule has 2 N–H and O–H groups in total. The number of aryl methyl sites for hydroxylation is 1. The van der Waals surface area contributed by atoms with Gasteiger partial charge >= 0.3 is 5.69 Å². The molecule has 0 amide bonds. The number of hydrogen-bond acceptors (Lipinski definition) is 4. The van der Waals surface area contributed by atoms with Crippen molar-refractivity contribution in [3.63, 3.8) is 0 Å². The third-order valence-electron chi connectivity index (χ3n) is 2.91. The average Bonchev–Trinajstić information content (AvgIpc) is 2.44. The van der Waals surface area contributed by atoms with Gasteiger partial charge in [-0.2, -0.15) is 0 Å². The second kappa shape index (κ2) is 6.30. The van der Waals surface area contributed by atoms with Gasteiger partial charge < -0.3 is 10.5 Å². The Morgan fingerprint density at radius 2 is 1.86 bits per heavy atom. The molecule has 0 aliphatic carbocycles. The summed E-state index contributed by atoms with van der Waals surface area (Å²) < 4.78 is 5.64. The molecule has 0 atom stereocenters. The van der Waals surface area contributed by atoms with E-state index in [0.717, 1.165) is 11.1 Å². The van der Waals surface area contributed by atoms with Crippen molar-refractivity contribution < 1.29 is 9.66 Å². The molecule has 0 heterocycles. The van der Waals surface area contributed by atoms with E-state index >= 15 is 0 Å². The molecule has 0 aromatic heterocycles. The summed E-state index contributed by atoms with van der Waals surface area (Å²) in [6.07, 6.45) is 0. The lowest BCUT2D eigenvalue weighted by molar-refractivity contribution is -0.385. The van der Waals surface area contributed by atoms with Crippen molar-refractivity contribution >= 4 is 28.9 Å². The average molecular weight is 327 g/mol. The van der Waals surface area contributed by atoms with Crippen LogP contribution < -0.4 is 10.5 Å². The number of rotatable bonds is 4. The Labute approximate surface area is 131 Å². The first kappa shape index (κ1) is 15.6. The number of nitrogens with zero attached hydrogens (tertiary/aromatic N) is 1. The Balaban J connectivity index is 2.48. The van der Waals surface area contributed by atoms with Crippen LogP contribution >= 0.6 is 23.2 Å². The van der Waals surface area contributed by atoms with E-state index in [1.54, 1.807) is 6.07 Å². The first-order valence-corrected chi connectivity index (χ1v) is 6.79. The minimum absolute atomic E-state index is 0.0340. The summed E-state index contributed by atoms with van der Waals surface area (Å²) in [7, 11) is 0. The maximum atomic E-state index is 11.1. The van der Waals surface area contributed by atoms with Crippen molar-refractivity contribution in [1.29, 1.82) is 0 Å². The van der Waals surface area contributed by atoms with Gasteiger partial charge in [-0.1, -0.05) is 35.3 Å². The molecule has 2 aromatic carbocycles. The van der Waals surface area contributed by atoms with E-state index in [1.807, 2.05) is 19.1 Å². The zero-order chi connectivity index (χ0) is 15.6. The van der Waals surface area contributed by atoms with Gasteiger partial charge in [-0.3, -0.25) is 10.1 Å². The Bertz CT molecular complexity index is 705. The Morgan fingerprint density at radius 3 is 2.48 bits per heavy atom. The summed E-state index contributed by atoms with van der Waals surface area (Å²) in [6.45, 7) is 2.18. The van der Waals surface area contributed by atoms with Gasteiger partial charge in [0.1, 0.15) is 5.75 Å². The van der Waals surface area contributed by atoms with Crippen LogP contribution in [0.25, 0.3) is 0 Å². The number of benzene rings is 2. The molecular weight excluding hydrogens is 315 g/mol. The van der Waals surface area contributed by atoms with Gasteiger partial charge in [-0.25, -0.2) is 0 Å². The minimum Gasteiger partial charge on any atom is -0.450 e. The summed E-state index contributed by atoms with van der Waals surface area (Å²) in [6, 6.07) is 7.94. The molecule has 0 saturated carbocycles. The zero-order valence-corrected chi connectivity index (χ0v) is 12.6. The molecule has 2 aromatic rings. The van der Waals surface area contributed by atoms with E-state index in [-0.39, 0.29) is 21.5 Å². The van der Waals surface area contributed by atoms with E-state index < -0.39 is 4.92 Å². The lowest BCUT2D eigenvalue weighted by atomic mass is 10.1. The predicted molar refractivity (Wildman–Crippen MR) is 82.3 cm³/mol. The van der Waals surface area contributed by atoms with Crippen molar-refractivity contribution in [3.8, 4) is 11.5 Å². The highest BCUT2D eigenvalue weighted by atomic mass is 35.5. The van der Waals surface area contributed by atoms with Crippen molar-refractivity contribution in [2.75, 3.05) is 0 Å². The van der Waals surface area contributed by atoms with E-state index in [0.29, 0.717) is 12.3 Å². The van der Waals surface area contributed by atoms with Crippen LogP contribution in [-0.4, -0.2) is 4.92 Å². The van der Waals surface area contributed by atoms with Crippen LogP contribution in [0.2, 0.25) is 10.0 Å². The molecule has 5 nitrogen and oxygen atoms in total. The van der Waals surface area contributed by atoms with Crippen molar-refractivity contribution in [1.82, 2.24) is 0 Å². The monoisotopic (exact) mass is 326 g/mol. The van der Waals surface area contributed by atoms with Gasteiger partial charge in [0.25, 0.3) is 0 Å². The van der Waals surface area contributed by atoms with Crippen LogP contribution in [0.3, 0.4) is 0 Å².